The normalized spacial score (nSPS) is 22.2. The molecule has 1 heterocycles. The van der Waals surface area contributed by atoms with Crippen LogP contribution in [0.5, 0.6) is 0 Å². The van der Waals surface area contributed by atoms with Gasteiger partial charge in [-0.1, -0.05) is 6.07 Å². The molecule has 1 saturated heterocycles. The molecule has 2 atom stereocenters. The lowest BCUT2D eigenvalue weighted by molar-refractivity contribution is -0.387. The molecule has 0 amide bonds. The van der Waals surface area contributed by atoms with Crippen molar-refractivity contribution in [2.75, 3.05) is 13.7 Å². The van der Waals surface area contributed by atoms with Crippen molar-refractivity contribution >= 4 is 11.7 Å². The number of β-amino-alcohol motifs (C(OH)–C–C–N with tert-alkyl or cyclic N) is 1. The van der Waals surface area contributed by atoms with E-state index in [9.17, 15) is 24.4 Å². The van der Waals surface area contributed by atoms with Gasteiger partial charge in [0, 0.05) is 25.6 Å². The van der Waals surface area contributed by atoms with E-state index in [2.05, 4.69) is 4.74 Å². The van der Waals surface area contributed by atoms with Crippen LogP contribution >= 0.6 is 0 Å². The van der Waals surface area contributed by atoms with Crippen LogP contribution in [0.1, 0.15) is 12.0 Å². The van der Waals surface area contributed by atoms with Crippen LogP contribution in [0.25, 0.3) is 0 Å². The van der Waals surface area contributed by atoms with Crippen molar-refractivity contribution in [2.24, 2.45) is 0 Å². The smallest absolute Gasteiger partial charge is 0.323 e. The van der Waals surface area contributed by atoms with E-state index in [1.807, 2.05) is 0 Å². The zero-order valence-corrected chi connectivity index (χ0v) is 11.4. The number of nitrogens with zero attached hydrogens (tertiary/aromatic N) is 2. The Bertz CT molecular complexity index is 565. The number of likely N-dealkylation sites (tertiary alicyclic amines) is 1. The Kier molecular flexibility index (Phi) is 4.49. The minimum Gasteiger partial charge on any atom is -0.468 e. The molecule has 0 aliphatic carbocycles. The summed E-state index contributed by atoms with van der Waals surface area (Å²) in [5.41, 5.74) is -0.106. The summed E-state index contributed by atoms with van der Waals surface area (Å²) in [6.45, 7) is 0.462. The van der Waals surface area contributed by atoms with E-state index in [0.717, 1.165) is 12.1 Å². The predicted molar refractivity (Wildman–Crippen MR) is 69.9 cm³/mol. The average Bonchev–Trinajstić information content (AvgIpc) is 2.78. The number of aliphatic hydroxyl groups is 1. The number of hydrogen-bond acceptors (Lipinski definition) is 6. The predicted octanol–water partition coefficient (Wildman–Crippen LogP) is 0.842. The number of esters is 1. The second kappa shape index (κ2) is 6.15. The van der Waals surface area contributed by atoms with Crippen molar-refractivity contribution in [3.05, 3.63) is 39.7 Å². The van der Waals surface area contributed by atoms with Gasteiger partial charge in [-0.25, -0.2) is 0 Å². The number of carbonyl (C=O) groups excluding carboxylic acids is 1. The van der Waals surface area contributed by atoms with Gasteiger partial charge in [-0.15, -0.1) is 0 Å². The third-order valence-corrected chi connectivity index (χ3v) is 3.45. The number of benzene rings is 1. The van der Waals surface area contributed by atoms with E-state index in [1.54, 1.807) is 4.90 Å². The fourth-order valence-corrected chi connectivity index (χ4v) is 2.47. The molecule has 8 heteroatoms. The van der Waals surface area contributed by atoms with Gasteiger partial charge in [0.05, 0.1) is 18.1 Å². The first kappa shape index (κ1) is 15.3. The first-order valence-electron chi connectivity index (χ1n) is 6.35. The van der Waals surface area contributed by atoms with Gasteiger partial charge in [0.15, 0.2) is 0 Å². The van der Waals surface area contributed by atoms with Gasteiger partial charge in [0.25, 0.3) is 0 Å². The zero-order valence-electron chi connectivity index (χ0n) is 11.4. The number of ether oxygens (including phenoxy) is 1. The summed E-state index contributed by atoms with van der Waals surface area (Å²) < 4.78 is 18.2. The SMILES string of the molecule is COC(=O)C1CC(O)CN1Cc1ccc([N+](=O)[O-])c(F)c1. The number of methoxy groups -OCH3 is 1. The van der Waals surface area contributed by atoms with Crippen LogP contribution in [0, 0.1) is 15.9 Å². The minimum atomic E-state index is -0.924. The second-order valence-corrected chi connectivity index (χ2v) is 4.90. The van der Waals surface area contributed by atoms with Crippen molar-refractivity contribution in [1.82, 2.24) is 4.90 Å². The van der Waals surface area contributed by atoms with Gasteiger partial charge in [-0.2, -0.15) is 4.39 Å². The van der Waals surface area contributed by atoms with Crippen molar-refractivity contribution in [3.8, 4) is 0 Å². The molecule has 0 bridgehead atoms. The van der Waals surface area contributed by atoms with Crippen molar-refractivity contribution in [2.45, 2.75) is 25.1 Å². The molecular formula is C13H15FN2O5. The second-order valence-electron chi connectivity index (χ2n) is 4.90. The summed E-state index contributed by atoms with van der Waals surface area (Å²) in [6, 6.07) is 2.99. The highest BCUT2D eigenvalue weighted by atomic mass is 19.1. The third kappa shape index (κ3) is 3.34. The van der Waals surface area contributed by atoms with Gasteiger partial charge in [0.2, 0.25) is 5.82 Å². The van der Waals surface area contributed by atoms with Gasteiger partial charge >= 0.3 is 11.7 Å². The van der Waals surface area contributed by atoms with Crippen LogP contribution in [-0.4, -0.2) is 46.7 Å². The number of nitro benzene ring substituents is 1. The van der Waals surface area contributed by atoms with Crippen molar-refractivity contribution in [3.63, 3.8) is 0 Å². The highest BCUT2D eigenvalue weighted by Crippen LogP contribution is 2.24. The molecule has 1 N–H and O–H groups in total. The Balaban J connectivity index is 2.15. The monoisotopic (exact) mass is 298 g/mol. The van der Waals surface area contributed by atoms with Gasteiger partial charge < -0.3 is 9.84 Å². The zero-order chi connectivity index (χ0) is 15.6. The molecule has 2 unspecified atom stereocenters. The van der Waals surface area contributed by atoms with E-state index < -0.39 is 34.5 Å². The van der Waals surface area contributed by atoms with E-state index in [4.69, 9.17) is 0 Å². The number of aliphatic hydroxyl groups excluding tert-OH is 1. The van der Waals surface area contributed by atoms with Gasteiger partial charge in [-0.3, -0.25) is 19.8 Å². The molecule has 0 saturated carbocycles. The van der Waals surface area contributed by atoms with Crippen LogP contribution < -0.4 is 0 Å². The molecule has 0 radical (unpaired) electrons. The molecule has 1 aliphatic rings. The Morgan fingerprint density at radius 2 is 2.33 bits per heavy atom. The maximum absolute atomic E-state index is 13.6. The Hall–Kier alpha value is -2.06. The molecule has 21 heavy (non-hydrogen) atoms. The van der Waals surface area contributed by atoms with Crippen LogP contribution in [0.3, 0.4) is 0 Å². The number of hydrogen-bond donors (Lipinski definition) is 1. The lowest BCUT2D eigenvalue weighted by atomic mass is 10.1. The Labute approximate surface area is 120 Å². The van der Waals surface area contributed by atoms with E-state index in [0.29, 0.717) is 5.56 Å². The van der Waals surface area contributed by atoms with Gasteiger partial charge in [-0.05, 0) is 11.6 Å². The highest BCUT2D eigenvalue weighted by Gasteiger charge is 2.36. The number of halogens is 1. The summed E-state index contributed by atoms with van der Waals surface area (Å²) in [4.78, 5) is 23.1. The van der Waals surface area contributed by atoms with Crippen LogP contribution in [0.15, 0.2) is 18.2 Å². The van der Waals surface area contributed by atoms with Crippen molar-refractivity contribution < 1.29 is 24.0 Å². The molecule has 0 spiro atoms. The molecule has 114 valence electrons. The lowest BCUT2D eigenvalue weighted by Crippen LogP contribution is -2.36. The number of nitro groups is 1. The highest BCUT2D eigenvalue weighted by molar-refractivity contribution is 5.76. The number of carbonyl (C=O) groups is 1. The van der Waals surface area contributed by atoms with E-state index >= 15 is 0 Å². The molecular weight excluding hydrogens is 283 g/mol. The molecule has 7 nitrogen and oxygen atoms in total. The van der Waals surface area contributed by atoms with Crippen molar-refractivity contribution in [1.29, 1.82) is 0 Å². The summed E-state index contributed by atoms with van der Waals surface area (Å²) in [6.07, 6.45) is -0.403. The maximum Gasteiger partial charge on any atom is 0.323 e. The van der Waals surface area contributed by atoms with Gasteiger partial charge in [0.1, 0.15) is 6.04 Å². The Morgan fingerprint density at radius 1 is 1.62 bits per heavy atom. The summed E-state index contributed by atoms with van der Waals surface area (Å²) in [7, 11) is 1.26. The van der Waals surface area contributed by atoms with Crippen LogP contribution in [0.2, 0.25) is 0 Å². The quantitative estimate of drug-likeness (QED) is 0.503. The molecule has 0 aromatic heterocycles. The largest absolute Gasteiger partial charge is 0.468 e. The van der Waals surface area contributed by atoms with E-state index in [1.165, 1.54) is 13.2 Å². The first-order valence-corrected chi connectivity index (χ1v) is 6.35. The summed E-state index contributed by atoms with van der Waals surface area (Å²) >= 11 is 0. The molecule has 2 rings (SSSR count). The topological polar surface area (TPSA) is 92.9 Å². The Morgan fingerprint density at radius 3 is 2.90 bits per heavy atom. The fraction of sp³-hybridized carbons (Fsp3) is 0.462. The average molecular weight is 298 g/mol. The molecule has 1 fully saturated rings. The standard InChI is InChI=1S/C13H15FN2O5/c1-21-13(18)12-5-9(17)7-15(12)6-8-2-3-11(16(19)20)10(14)4-8/h2-4,9,12,17H,5-7H2,1H3. The number of rotatable bonds is 4. The molecule has 1 aliphatic heterocycles. The van der Waals surface area contributed by atoms with Crippen LogP contribution in [0.4, 0.5) is 10.1 Å². The minimum absolute atomic E-state index is 0.200. The van der Waals surface area contributed by atoms with Crippen LogP contribution in [-0.2, 0) is 16.1 Å². The summed E-state index contributed by atoms with van der Waals surface area (Å²) in [5.74, 6) is -1.39. The fourth-order valence-electron chi connectivity index (χ4n) is 2.47. The third-order valence-electron chi connectivity index (χ3n) is 3.45. The molecule has 1 aromatic carbocycles. The maximum atomic E-state index is 13.6. The van der Waals surface area contributed by atoms with E-state index in [-0.39, 0.29) is 19.5 Å². The first-order chi connectivity index (χ1) is 9.92. The summed E-state index contributed by atoms with van der Waals surface area (Å²) in [5, 5.41) is 20.2. The lowest BCUT2D eigenvalue weighted by Gasteiger charge is -2.21. The molecule has 1 aromatic rings.